The zero-order valence-electron chi connectivity index (χ0n) is 13.6. The molecule has 2 unspecified atom stereocenters. The summed E-state index contributed by atoms with van der Waals surface area (Å²) in [5, 5.41) is 3.52. The first kappa shape index (κ1) is 15.5. The minimum Gasteiger partial charge on any atom is -0.312 e. The monoisotopic (exact) mass is 274 g/mol. The first-order valence-electron chi connectivity index (χ1n) is 8.13. The van der Waals surface area contributed by atoms with E-state index in [-0.39, 0.29) is 0 Å². The van der Waals surface area contributed by atoms with Gasteiger partial charge in [-0.3, -0.25) is 4.90 Å². The van der Waals surface area contributed by atoms with E-state index >= 15 is 0 Å². The number of aryl methyl sites for hydroxylation is 2. The van der Waals surface area contributed by atoms with Crippen molar-refractivity contribution < 1.29 is 0 Å². The summed E-state index contributed by atoms with van der Waals surface area (Å²) < 4.78 is 0. The fourth-order valence-corrected chi connectivity index (χ4v) is 3.57. The van der Waals surface area contributed by atoms with Crippen molar-refractivity contribution in [3.8, 4) is 0 Å². The number of likely N-dealkylation sites (N-methyl/N-ethyl adjacent to an activating group) is 1. The molecule has 1 aliphatic rings. The van der Waals surface area contributed by atoms with Crippen LogP contribution in [0.1, 0.15) is 55.3 Å². The van der Waals surface area contributed by atoms with Crippen LogP contribution in [0.15, 0.2) is 18.2 Å². The fourth-order valence-electron chi connectivity index (χ4n) is 3.57. The Morgan fingerprint density at radius 2 is 1.90 bits per heavy atom. The van der Waals surface area contributed by atoms with Gasteiger partial charge in [0.2, 0.25) is 0 Å². The van der Waals surface area contributed by atoms with Crippen LogP contribution in [-0.2, 0) is 0 Å². The van der Waals surface area contributed by atoms with Crippen molar-refractivity contribution in [1.82, 2.24) is 10.2 Å². The van der Waals surface area contributed by atoms with Gasteiger partial charge in [-0.1, -0.05) is 42.7 Å². The van der Waals surface area contributed by atoms with Crippen molar-refractivity contribution in [1.29, 1.82) is 0 Å². The van der Waals surface area contributed by atoms with E-state index in [2.05, 4.69) is 56.2 Å². The summed E-state index contributed by atoms with van der Waals surface area (Å²) in [7, 11) is 2.09. The van der Waals surface area contributed by atoms with Gasteiger partial charge < -0.3 is 5.32 Å². The zero-order chi connectivity index (χ0) is 14.5. The average Bonchev–Trinajstić information content (AvgIpc) is 2.44. The van der Waals surface area contributed by atoms with Crippen LogP contribution in [0.4, 0.5) is 0 Å². The average molecular weight is 274 g/mol. The second-order valence-corrected chi connectivity index (χ2v) is 6.32. The van der Waals surface area contributed by atoms with Crippen molar-refractivity contribution in [2.24, 2.45) is 0 Å². The van der Waals surface area contributed by atoms with Crippen molar-refractivity contribution in [3.05, 3.63) is 34.9 Å². The van der Waals surface area contributed by atoms with Gasteiger partial charge in [-0.2, -0.15) is 0 Å². The third-order valence-corrected chi connectivity index (χ3v) is 4.63. The molecule has 1 fully saturated rings. The maximum absolute atomic E-state index is 3.52. The van der Waals surface area contributed by atoms with Gasteiger partial charge >= 0.3 is 0 Å². The number of nitrogens with one attached hydrogen (secondary N) is 1. The standard InChI is InChI=1S/C18H30N2/c1-5-17-8-6-7-9-20(17)13-18(19-4)16-11-14(2)10-15(3)12-16/h10-12,17-19H,5-9,13H2,1-4H3. The van der Waals surface area contributed by atoms with E-state index in [1.54, 1.807) is 0 Å². The quantitative estimate of drug-likeness (QED) is 0.878. The van der Waals surface area contributed by atoms with Crippen LogP contribution in [0, 0.1) is 13.8 Å². The highest BCUT2D eigenvalue weighted by atomic mass is 15.2. The molecule has 20 heavy (non-hydrogen) atoms. The third-order valence-electron chi connectivity index (χ3n) is 4.63. The molecule has 2 atom stereocenters. The number of benzene rings is 1. The zero-order valence-corrected chi connectivity index (χ0v) is 13.6. The van der Waals surface area contributed by atoms with Gasteiger partial charge in [0, 0.05) is 18.6 Å². The molecule has 2 rings (SSSR count). The molecule has 0 aliphatic carbocycles. The maximum Gasteiger partial charge on any atom is 0.0447 e. The lowest BCUT2D eigenvalue weighted by molar-refractivity contribution is 0.130. The summed E-state index contributed by atoms with van der Waals surface area (Å²) >= 11 is 0. The van der Waals surface area contributed by atoms with Gasteiger partial charge in [-0.15, -0.1) is 0 Å². The largest absolute Gasteiger partial charge is 0.312 e. The molecular formula is C18H30N2. The summed E-state index contributed by atoms with van der Waals surface area (Å²) in [6, 6.07) is 8.15. The first-order valence-corrected chi connectivity index (χ1v) is 8.13. The van der Waals surface area contributed by atoms with Gasteiger partial charge in [0.1, 0.15) is 0 Å². The van der Waals surface area contributed by atoms with Crippen LogP contribution < -0.4 is 5.32 Å². The lowest BCUT2D eigenvalue weighted by Crippen LogP contribution is -2.43. The molecule has 2 nitrogen and oxygen atoms in total. The topological polar surface area (TPSA) is 15.3 Å². The molecule has 1 heterocycles. The Kier molecular flexibility index (Phi) is 5.62. The molecule has 1 aromatic rings. The van der Waals surface area contributed by atoms with Crippen LogP contribution in [-0.4, -0.2) is 31.1 Å². The molecule has 1 aliphatic heterocycles. The van der Waals surface area contributed by atoms with Crippen LogP contribution in [0.5, 0.6) is 0 Å². The molecule has 0 aromatic heterocycles. The molecule has 1 aromatic carbocycles. The first-order chi connectivity index (χ1) is 9.63. The minimum atomic E-state index is 0.445. The van der Waals surface area contributed by atoms with Crippen LogP contribution >= 0.6 is 0 Å². The number of nitrogens with zero attached hydrogens (tertiary/aromatic N) is 1. The van der Waals surface area contributed by atoms with E-state index < -0.39 is 0 Å². The molecule has 0 saturated carbocycles. The number of piperidine rings is 1. The summed E-state index contributed by atoms with van der Waals surface area (Å²) in [6.45, 7) is 9.12. The molecule has 1 N–H and O–H groups in total. The Balaban J connectivity index is 2.11. The van der Waals surface area contributed by atoms with E-state index in [0.717, 1.165) is 12.6 Å². The fraction of sp³-hybridized carbons (Fsp3) is 0.667. The Morgan fingerprint density at radius 3 is 2.50 bits per heavy atom. The molecule has 0 radical (unpaired) electrons. The number of rotatable bonds is 5. The molecule has 2 heteroatoms. The SMILES string of the molecule is CCC1CCCCN1CC(NC)c1cc(C)cc(C)c1. The lowest BCUT2D eigenvalue weighted by atomic mass is 9.96. The van der Waals surface area contributed by atoms with E-state index in [9.17, 15) is 0 Å². The van der Waals surface area contributed by atoms with Crippen LogP contribution in [0.2, 0.25) is 0 Å². The molecule has 0 amide bonds. The van der Waals surface area contributed by atoms with Gasteiger partial charge in [0.15, 0.2) is 0 Å². The van der Waals surface area contributed by atoms with E-state index in [1.165, 1.54) is 48.9 Å². The van der Waals surface area contributed by atoms with Crippen molar-refractivity contribution >= 4 is 0 Å². The van der Waals surface area contributed by atoms with Gasteiger partial charge in [0.25, 0.3) is 0 Å². The molecule has 112 valence electrons. The second kappa shape index (κ2) is 7.24. The van der Waals surface area contributed by atoms with Crippen LogP contribution in [0.3, 0.4) is 0 Å². The normalized spacial score (nSPS) is 21.9. The highest BCUT2D eigenvalue weighted by molar-refractivity contribution is 5.30. The van der Waals surface area contributed by atoms with Gasteiger partial charge in [-0.25, -0.2) is 0 Å². The van der Waals surface area contributed by atoms with Crippen LogP contribution in [0.25, 0.3) is 0 Å². The number of hydrogen-bond acceptors (Lipinski definition) is 2. The van der Waals surface area contributed by atoms with Crippen molar-refractivity contribution in [3.63, 3.8) is 0 Å². The van der Waals surface area contributed by atoms with E-state index in [4.69, 9.17) is 0 Å². The highest BCUT2D eigenvalue weighted by Gasteiger charge is 2.23. The molecule has 1 saturated heterocycles. The predicted molar refractivity (Wildman–Crippen MR) is 87.2 cm³/mol. The minimum absolute atomic E-state index is 0.445. The second-order valence-electron chi connectivity index (χ2n) is 6.32. The van der Waals surface area contributed by atoms with Gasteiger partial charge in [0.05, 0.1) is 0 Å². The predicted octanol–water partition coefficient (Wildman–Crippen LogP) is 3.83. The Hall–Kier alpha value is -0.860. The van der Waals surface area contributed by atoms with Crippen molar-refractivity contribution in [2.45, 2.75) is 58.5 Å². The number of likely N-dealkylation sites (tertiary alicyclic amines) is 1. The highest BCUT2D eigenvalue weighted by Crippen LogP contribution is 2.24. The van der Waals surface area contributed by atoms with Crippen molar-refractivity contribution in [2.75, 3.05) is 20.1 Å². The lowest BCUT2D eigenvalue weighted by Gasteiger charge is -2.37. The molecule has 0 bridgehead atoms. The smallest absolute Gasteiger partial charge is 0.0447 e. The molecule has 0 spiro atoms. The maximum atomic E-state index is 3.52. The summed E-state index contributed by atoms with van der Waals surface area (Å²) in [5.74, 6) is 0. The summed E-state index contributed by atoms with van der Waals surface area (Å²) in [4.78, 5) is 2.70. The Labute approximate surface area is 124 Å². The third kappa shape index (κ3) is 3.83. The molecular weight excluding hydrogens is 244 g/mol. The number of hydrogen-bond donors (Lipinski definition) is 1. The Bertz CT molecular complexity index is 407. The van der Waals surface area contributed by atoms with E-state index in [0.29, 0.717) is 6.04 Å². The van der Waals surface area contributed by atoms with E-state index in [1.807, 2.05) is 0 Å². The van der Waals surface area contributed by atoms with Gasteiger partial charge in [-0.05, 0) is 52.3 Å². The summed E-state index contributed by atoms with van der Waals surface area (Å²) in [5.41, 5.74) is 4.17. The summed E-state index contributed by atoms with van der Waals surface area (Å²) in [6.07, 6.45) is 5.42. The Morgan fingerprint density at radius 1 is 1.20 bits per heavy atom.